The normalized spacial score (nSPS) is 15.1. The van der Waals surface area contributed by atoms with Crippen molar-refractivity contribution >= 4 is 103 Å². The highest BCUT2D eigenvalue weighted by molar-refractivity contribution is 6.34. The van der Waals surface area contributed by atoms with E-state index in [4.69, 9.17) is 44.8 Å². The highest BCUT2D eigenvalue weighted by Gasteiger charge is 2.34. The van der Waals surface area contributed by atoms with Gasteiger partial charge < -0.3 is 34.5 Å². The monoisotopic (exact) mass is 1560 g/mol. The Labute approximate surface area is 655 Å². The number of nitrogens with zero attached hydrogens (tertiary/aromatic N) is 15. The van der Waals surface area contributed by atoms with E-state index in [9.17, 15) is 42.7 Å². The summed E-state index contributed by atoms with van der Waals surface area (Å²) < 4.78 is 34.3. The molecule has 14 rings (SSSR count). The summed E-state index contributed by atoms with van der Waals surface area (Å²) in [6.07, 6.45) is 6.16. The van der Waals surface area contributed by atoms with Gasteiger partial charge in [0, 0.05) is 83.1 Å². The van der Waals surface area contributed by atoms with E-state index in [2.05, 4.69) is 58.4 Å². The summed E-state index contributed by atoms with van der Waals surface area (Å²) in [7, 11) is 0. The van der Waals surface area contributed by atoms with Crippen molar-refractivity contribution in [2.75, 3.05) is 80.1 Å². The minimum Gasteiger partial charge on any atom is -0.507 e. The maximum absolute atomic E-state index is 14.9. The summed E-state index contributed by atoms with van der Waals surface area (Å²) >= 11 is 19.9. The number of halogens is 5. The van der Waals surface area contributed by atoms with Crippen molar-refractivity contribution in [3.05, 3.63) is 250 Å². The Morgan fingerprint density at radius 1 is 0.468 bits per heavy atom. The van der Waals surface area contributed by atoms with Gasteiger partial charge in [-0.1, -0.05) is 148 Å². The molecule has 0 aliphatic carbocycles. The van der Waals surface area contributed by atoms with Crippen LogP contribution in [0.15, 0.2) is 168 Å². The minimum atomic E-state index is -0.697. The van der Waals surface area contributed by atoms with Crippen LogP contribution < -0.4 is 31.8 Å². The number of phenols is 1. The molecule has 22 nitrogen and oxygen atoms in total. The quantitative estimate of drug-likeness (QED) is 0.0997. The van der Waals surface area contributed by atoms with E-state index in [1.165, 1.54) is 51.6 Å². The summed E-state index contributed by atoms with van der Waals surface area (Å²) in [6.45, 7) is 33.1. The summed E-state index contributed by atoms with van der Waals surface area (Å²) in [5, 5.41) is 13.1. The van der Waals surface area contributed by atoms with Crippen LogP contribution in [0.25, 0.3) is 72.7 Å². The first kappa shape index (κ1) is 79.1. The van der Waals surface area contributed by atoms with Crippen molar-refractivity contribution in [3.8, 4) is 45.3 Å². The Balaban J connectivity index is 0.000000155. The van der Waals surface area contributed by atoms with E-state index < -0.39 is 23.0 Å². The molecule has 0 bridgehead atoms. The Hall–Kier alpha value is -11.5. The van der Waals surface area contributed by atoms with Crippen LogP contribution in [0, 0.1) is 39.3 Å². The van der Waals surface area contributed by atoms with Gasteiger partial charge in [-0.05, 0) is 155 Å². The number of piperazine rings is 3. The molecule has 27 heteroatoms. The third-order valence-electron chi connectivity index (χ3n) is 20.6. The minimum absolute atomic E-state index is 0.00713. The number of hydrogen-bond donors (Lipinski definition) is 1. The van der Waals surface area contributed by atoms with Gasteiger partial charge in [0.2, 0.25) is 17.7 Å². The predicted octanol–water partition coefficient (Wildman–Crippen LogP) is 13.8. The van der Waals surface area contributed by atoms with Crippen molar-refractivity contribution in [2.24, 2.45) is 0 Å². The SMILES string of the molecule is C=CC(=O)N1CCN(c2nc(=O)n(-c3c(C)cccc3C)c3nc(-c4c(O)cccc4F)c(Cl)cc23)CC1.C=CC(=O)N1CCN(c2nc(=O)n(-c3c(C)cccc3CC)c3nc(-c4ccccc4F)c(Cl)cc23)[C@@H](C)C1.C=CC(=O)N1CCN(c2nc(=O)n(-c3c(CC)cccc3CC)c3nc(C)c(Cl)cc23)[C@@H](C)C1. The number of hydrogen-bond acceptors (Lipinski definition) is 16. The number of anilines is 3. The fraction of sp³-hybridized carbons (Fsp3) is 0.286. The van der Waals surface area contributed by atoms with Gasteiger partial charge in [-0.2, -0.15) is 15.0 Å². The van der Waals surface area contributed by atoms with E-state index in [-0.39, 0.29) is 79.5 Å². The molecular formula is C84H84Cl3F2N15O7. The standard InChI is InChI=1S/C30H29ClFN5O2.C28H25ClFN5O3.C26H30ClN5O2/c1-5-20-11-9-10-18(3)27(20)37-29-22(16-23(31)26(33-29)21-12-7-8-13-24(21)32)28(34-30(37)39)36-15-14-35(17-19(36)4)25(38)6-2;1-4-22(37)33-11-13-34(14-12-33)26-18-15-19(29)24(23-20(30)9-6-10-21(23)36)31-27(18)35(28(38)32-26)25-16(2)7-5-8-17(25)3;1-6-18-10-9-11-19(7-2)23(18)32-25-20(14-21(27)17(5)28-25)24(29-26(32)34)31-13-12-30(15-16(31)4)22(33)8-3/h6-13,16,19H,2,5,14-15,17H2,1,3-4H3;4-10,15,36H,1,11-14H2,2-3H3;8-11,14,16H,3,6-7,12-13,15H2,1-2,4-5H3/t19-;;16-/m0.0/s1. The fourth-order valence-corrected chi connectivity index (χ4v) is 15.6. The number of para-hydroxylation sites is 3. The van der Waals surface area contributed by atoms with Gasteiger partial charge in [-0.3, -0.25) is 14.4 Å². The van der Waals surface area contributed by atoms with E-state index in [1.807, 2.05) is 119 Å². The third kappa shape index (κ3) is 15.5. The number of benzene rings is 5. The molecule has 3 aliphatic heterocycles. The van der Waals surface area contributed by atoms with Crippen LogP contribution in [0.4, 0.5) is 26.2 Å². The van der Waals surface area contributed by atoms with Crippen LogP contribution in [-0.2, 0) is 33.6 Å². The van der Waals surface area contributed by atoms with Gasteiger partial charge in [0.1, 0.15) is 34.8 Å². The molecule has 6 aromatic heterocycles. The van der Waals surface area contributed by atoms with E-state index in [0.717, 1.165) is 57.3 Å². The molecule has 3 aliphatic rings. The molecule has 9 heterocycles. The lowest BCUT2D eigenvalue weighted by molar-refractivity contribution is -0.127. The number of carbonyl (C=O) groups excluding carboxylic acids is 3. The van der Waals surface area contributed by atoms with E-state index in [0.29, 0.717) is 133 Å². The largest absolute Gasteiger partial charge is 0.507 e. The van der Waals surface area contributed by atoms with Gasteiger partial charge in [-0.25, -0.2) is 51.8 Å². The average Bonchev–Trinajstić information content (AvgIpc) is 0.749. The Morgan fingerprint density at radius 3 is 1.37 bits per heavy atom. The van der Waals surface area contributed by atoms with Crippen molar-refractivity contribution in [1.29, 1.82) is 0 Å². The topological polar surface area (TPSA) is 234 Å². The van der Waals surface area contributed by atoms with Gasteiger partial charge in [0.25, 0.3) is 0 Å². The molecule has 2 atom stereocenters. The maximum atomic E-state index is 14.9. The van der Waals surface area contributed by atoms with Gasteiger partial charge >= 0.3 is 17.1 Å². The number of fused-ring (bicyclic) bond motifs is 3. The number of rotatable bonds is 14. The fourth-order valence-electron chi connectivity index (χ4n) is 14.9. The number of aryl methyl sites for hydroxylation is 7. The lowest BCUT2D eigenvalue weighted by Crippen LogP contribution is -2.54. The Bertz CT molecular complexity index is 5700. The molecule has 3 fully saturated rings. The molecule has 111 heavy (non-hydrogen) atoms. The second kappa shape index (κ2) is 33.4. The molecule has 0 radical (unpaired) electrons. The summed E-state index contributed by atoms with van der Waals surface area (Å²) in [6, 6.07) is 32.8. The number of pyridine rings is 3. The van der Waals surface area contributed by atoms with Crippen molar-refractivity contribution in [1.82, 2.24) is 58.3 Å². The number of amides is 3. The smallest absolute Gasteiger partial charge is 0.355 e. The molecule has 5 aromatic carbocycles. The molecule has 3 amide bonds. The lowest BCUT2D eigenvalue weighted by Gasteiger charge is -2.40. The van der Waals surface area contributed by atoms with E-state index in [1.54, 1.807) is 49.6 Å². The van der Waals surface area contributed by atoms with Crippen LogP contribution >= 0.6 is 34.8 Å². The molecular weight excluding hydrogens is 1480 g/mol. The zero-order valence-electron chi connectivity index (χ0n) is 63.2. The van der Waals surface area contributed by atoms with Crippen LogP contribution in [-0.4, -0.2) is 159 Å². The summed E-state index contributed by atoms with van der Waals surface area (Å²) in [5.41, 5.74) is 8.48. The number of aromatic hydroxyl groups is 1. The van der Waals surface area contributed by atoms with Gasteiger partial charge in [0.05, 0.1) is 70.9 Å². The van der Waals surface area contributed by atoms with Crippen LogP contribution in [0.5, 0.6) is 5.75 Å². The van der Waals surface area contributed by atoms with Crippen LogP contribution in [0.2, 0.25) is 15.1 Å². The molecule has 0 unspecified atom stereocenters. The van der Waals surface area contributed by atoms with E-state index >= 15 is 0 Å². The molecule has 0 spiro atoms. The number of phenolic OH excluding ortho intramolecular Hbond substituents is 1. The molecule has 572 valence electrons. The van der Waals surface area contributed by atoms with Crippen LogP contribution in [0.1, 0.15) is 73.7 Å². The van der Waals surface area contributed by atoms with Crippen molar-refractivity contribution < 1.29 is 28.3 Å². The predicted molar refractivity (Wildman–Crippen MR) is 436 cm³/mol. The zero-order chi connectivity index (χ0) is 79.5. The Morgan fingerprint density at radius 2 is 0.865 bits per heavy atom. The molecule has 1 N–H and O–H groups in total. The van der Waals surface area contributed by atoms with Gasteiger partial charge in [0.15, 0.2) is 16.9 Å². The third-order valence-corrected chi connectivity index (χ3v) is 21.5. The molecule has 11 aromatic rings. The van der Waals surface area contributed by atoms with Crippen LogP contribution in [0.3, 0.4) is 0 Å². The second-order valence-corrected chi connectivity index (χ2v) is 28.7. The summed E-state index contributed by atoms with van der Waals surface area (Å²) in [4.78, 5) is 117. The molecule has 0 saturated carbocycles. The van der Waals surface area contributed by atoms with Crippen molar-refractivity contribution in [3.63, 3.8) is 0 Å². The number of aromatic nitrogens is 9. The first-order valence-corrected chi connectivity index (χ1v) is 37.8. The number of carbonyl (C=O) groups is 3. The maximum Gasteiger partial charge on any atom is 0.355 e. The molecule has 3 saturated heterocycles. The Kier molecular flexibility index (Phi) is 23.8. The lowest BCUT2D eigenvalue weighted by atomic mass is 10.0. The first-order valence-electron chi connectivity index (χ1n) is 36.6. The van der Waals surface area contributed by atoms with Gasteiger partial charge in [-0.15, -0.1) is 0 Å². The average molecular weight is 1560 g/mol. The first-order chi connectivity index (χ1) is 53.2. The second-order valence-electron chi connectivity index (χ2n) is 27.5. The highest BCUT2D eigenvalue weighted by Crippen LogP contribution is 2.41. The highest BCUT2D eigenvalue weighted by atomic mass is 35.5. The summed E-state index contributed by atoms with van der Waals surface area (Å²) in [5.74, 6) is -0.514. The van der Waals surface area contributed by atoms with Crippen molar-refractivity contribution in [2.45, 2.75) is 93.7 Å². The zero-order valence-corrected chi connectivity index (χ0v) is 65.4.